The first-order chi connectivity index (χ1) is 13.1. The topological polar surface area (TPSA) is 79.6 Å². The van der Waals surface area contributed by atoms with E-state index in [0.29, 0.717) is 6.42 Å². The predicted octanol–water partition coefficient (Wildman–Crippen LogP) is 4.33. The minimum absolute atomic E-state index is 0.0784. The summed E-state index contributed by atoms with van der Waals surface area (Å²) in [5.41, 5.74) is 0.925. The van der Waals surface area contributed by atoms with Crippen LogP contribution in [0.4, 0.5) is 4.79 Å². The van der Waals surface area contributed by atoms with Crippen LogP contribution in [-0.2, 0) is 20.9 Å². The molecule has 7 heteroatoms. The Labute approximate surface area is 168 Å². The molecule has 152 valence electrons. The van der Waals surface area contributed by atoms with Crippen LogP contribution in [0.25, 0.3) is 0 Å². The third kappa shape index (κ3) is 5.35. The lowest BCUT2D eigenvalue weighted by Gasteiger charge is -2.43. The van der Waals surface area contributed by atoms with Crippen molar-refractivity contribution in [1.29, 1.82) is 5.26 Å². The van der Waals surface area contributed by atoms with Gasteiger partial charge in [0, 0.05) is 12.8 Å². The van der Waals surface area contributed by atoms with Gasteiger partial charge in [-0.3, -0.25) is 4.79 Å². The average molecular weight is 403 g/mol. The summed E-state index contributed by atoms with van der Waals surface area (Å²) in [4.78, 5) is 25.3. The van der Waals surface area contributed by atoms with Crippen molar-refractivity contribution >= 4 is 20.3 Å². The van der Waals surface area contributed by atoms with E-state index in [-0.39, 0.29) is 37.0 Å². The van der Waals surface area contributed by atoms with E-state index < -0.39 is 20.3 Å². The maximum atomic E-state index is 13.1. The van der Waals surface area contributed by atoms with Crippen LogP contribution < -0.4 is 0 Å². The van der Waals surface area contributed by atoms with Gasteiger partial charge in [0.2, 0.25) is 0 Å². The van der Waals surface area contributed by atoms with Gasteiger partial charge in [0.05, 0.1) is 18.0 Å². The molecule has 1 aliphatic heterocycles. The normalized spacial score (nSPS) is 20.4. The first-order valence-corrected chi connectivity index (χ1v) is 13.2. The van der Waals surface area contributed by atoms with E-state index in [0.717, 1.165) is 5.56 Å². The van der Waals surface area contributed by atoms with Gasteiger partial charge in [-0.2, -0.15) is 5.26 Å². The highest BCUT2D eigenvalue weighted by Gasteiger charge is 2.47. The number of nitriles is 1. The molecule has 0 N–H and O–H groups in total. The molecule has 0 unspecified atom stereocenters. The zero-order chi connectivity index (χ0) is 20.9. The van der Waals surface area contributed by atoms with E-state index >= 15 is 0 Å². The quantitative estimate of drug-likeness (QED) is 0.501. The van der Waals surface area contributed by atoms with Crippen molar-refractivity contribution in [3.63, 3.8) is 0 Å². The van der Waals surface area contributed by atoms with Gasteiger partial charge in [0.25, 0.3) is 0 Å². The van der Waals surface area contributed by atoms with Crippen molar-refractivity contribution in [2.24, 2.45) is 11.8 Å². The molecular weight excluding hydrogens is 372 g/mol. The highest BCUT2D eigenvalue weighted by Crippen LogP contribution is 2.33. The van der Waals surface area contributed by atoms with Gasteiger partial charge in [-0.25, -0.2) is 4.79 Å². The summed E-state index contributed by atoms with van der Waals surface area (Å²) in [7, 11) is -2.14. The molecule has 1 aliphatic rings. The lowest BCUT2D eigenvalue weighted by molar-refractivity contribution is -0.146. The van der Waals surface area contributed by atoms with Crippen molar-refractivity contribution in [2.75, 3.05) is 0 Å². The number of carbonyl (C=O) groups excluding carboxylic acids is 2. The molecule has 0 aliphatic carbocycles. The molecule has 1 aromatic carbocycles. The Kier molecular flexibility index (Phi) is 7.25. The standard InChI is InChI=1S/C21H30N2O4Si/c1-15(2)19(18-13-17(11-12-22)20(24)27-18)23(28(3,4)5)21(25)26-14-16-9-7-6-8-10-16/h6-10,15,17-19H,11,13-14H2,1-5H3/t17-,18+,19+/m1/s1. The minimum Gasteiger partial charge on any atom is -0.460 e. The van der Waals surface area contributed by atoms with E-state index in [1.807, 2.05) is 48.7 Å². The number of benzene rings is 1. The molecule has 1 fully saturated rings. The number of amides is 1. The van der Waals surface area contributed by atoms with E-state index in [1.54, 1.807) is 0 Å². The zero-order valence-corrected chi connectivity index (χ0v) is 18.3. The monoisotopic (exact) mass is 402 g/mol. The summed E-state index contributed by atoms with van der Waals surface area (Å²) in [6, 6.07) is 11.3. The van der Waals surface area contributed by atoms with Crippen LogP contribution >= 0.6 is 0 Å². The molecule has 2 rings (SSSR count). The van der Waals surface area contributed by atoms with Gasteiger partial charge in [0.1, 0.15) is 12.7 Å². The van der Waals surface area contributed by atoms with Gasteiger partial charge in [-0.05, 0) is 11.5 Å². The number of hydrogen-bond acceptors (Lipinski definition) is 5. The highest BCUT2D eigenvalue weighted by molar-refractivity contribution is 6.75. The Balaban J connectivity index is 2.22. The summed E-state index contributed by atoms with van der Waals surface area (Å²) in [5.74, 6) is -0.680. The van der Waals surface area contributed by atoms with E-state index in [2.05, 4.69) is 25.7 Å². The van der Waals surface area contributed by atoms with Gasteiger partial charge in [-0.15, -0.1) is 0 Å². The number of esters is 1. The van der Waals surface area contributed by atoms with E-state index in [1.165, 1.54) is 0 Å². The van der Waals surface area contributed by atoms with Crippen LogP contribution in [0.2, 0.25) is 19.6 Å². The Bertz CT molecular complexity index is 724. The molecular formula is C21H30N2O4Si. The number of hydrogen-bond donors (Lipinski definition) is 0. The molecule has 0 aromatic heterocycles. The van der Waals surface area contributed by atoms with Crippen LogP contribution in [-0.4, -0.2) is 37.0 Å². The summed E-state index contributed by atoms with van der Waals surface area (Å²) in [5, 5.41) is 8.95. The molecule has 0 saturated carbocycles. The van der Waals surface area contributed by atoms with Crippen molar-refractivity contribution in [3.8, 4) is 6.07 Å². The maximum absolute atomic E-state index is 13.1. The Hall–Kier alpha value is -2.33. The number of rotatable bonds is 7. The van der Waals surface area contributed by atoms with Crippen LogP contribution in [0.5, 0.6) is 0 Å². The smallest absolute Gasteiger partial charge is 0.402 e. The summed E-state index contributed by atoms with van der Waals surface area (Å²) < 4.78 is 13.1. The third-order valence-electron chi connectivity index (χ3n) is 4.94. The number of cyclic esters (lactones) is 1. The second-order valence-corrected chi connectivity index (χ2v) is 13.4. The van der Waals surface area contributed by atoms with Gasteiger partial charge in [-0.1, -0.05) is 63.8 Å². The van der Waals surface area contributed by atoms with E-state index in [4.69, 9.17) is 14.7 Å². The van der Waals surface area contributed by atoms with Crippen molar-refractivity contribution in [2.45, 2.75) is 65.1 Å². The molecule has 6 nitrogen and oxygen atoms in total. The Morgan fingerprint density at radius 3 is 2.50 bits per heavy atom. The molecule has 28 heavy (non-hydrogen) atoms. The average Bonchev–Trinajstić information content (AvgIpc) is 2.97. The number of carbonyl (C=O) groups is 2. The second kappa shape index (κ2) is 9.24. The summed E-state index contributed by atoms with van der Waals surface area (Å²) >= 11 is 0. The molecule has 0 radical (unpaired) electrons. The van der Waals surface area contributed by atoms with Crippen LogP contribution in [0.15, 0.2) is 30.3 Å². The van der Waals surface area contributed by atoms with Gasteiger partial charge < -0.3 is 14.0 Å². The first kappa shape index (κ1) is 22.0. The van der Waals surface area contributed by atoms with Crippen molar-refractivity contribution in [3.05, 3.63) is 35.9 Å². The van der Waals surface area contributed by atoms with Gasteiger partial charge in [0.15, 0.2) is 8.24 Å². The zero-order valence-electron chi connectivity index (χ0n) is 17.3. The molecule has 1 aromatic rings. The van der Waals surface area contributed by atoms with Crippen LogP contribution in [0, 0.1) is 23.2 Å². The third-order valence-corrected chi connectivity index (χ3v) is 6.87. The maximum Gasteiger partial charge on any atom is 0.402 e. The summed E-state index contributed by atoms with van der Waals surface area (Å²) in [6.45, 7) is 10.5. The van der Waals surface area contributed by atoms with Crippen LogP contribution in [0.1, 0.15) is 32.3 Å². The molecule has 1 amide bonds. The lowest BCUT2D eigenvalue weighted by atomic mass is 9.92. The number of ether oxygens (including phenoxy) is 2. The molecule has 1 heterocycles. The fourth-order valence-electron chi connectivity index (χ4n) is 3.68. The Morgan fingerprint density at radius 2 is 1.96 bits per heavy atom. The van der Waals surface area contributed by atoms with Crippen molar-refractivity contribution < 1.29 is 19.1 Å². The van der Waals surface area contributed by atoms with Gasteiger partial charge >= 0.3 is 12.1 Å². The van der Waals surface area contributed by atoms with Crippen molar-refractivity contribution in [1.82, 2.24) is 4.57 Å². The Morgan fingerprint density at radius 1 is 1.32 bits per heavy atom. The molecule has 3 atom stereocenters. The second-order valence-electron chi connectivity index (χ2n) is 8.59. The molecule has 1 saturated heterocycles. The van der Waals surface area contributed by atoms with Crippen LogP contribution in [0.3, 0.4) is 0 Å². The predicted molar refractivity (Wildman–Crippen MR) is 109 cm³/mol. The fourth-order valence-corrected chi connectivity index (χ4v) is 5.65. The number of nitrogens with zero attached hydrogens (tertiary/aromatic N) is 2. The SMILES string of the molecule is CC(C)[C@@H]([C@@H]1C[C@@H](CC#N)C(=O)O1)N(C(=O)OCc1ccccc1)[Si](C)(C)C. The minimum atomic E-state index is -2.14. The molecule has 0 bridgehead atoms. The summed E-state index contributed by atoms with van der Waals surface area (Å²) in [6.07, 6.45) is -0.184. The van der Waals surface area contributed by atoms with E-state index in [9.17, 15) is 9.59 Å². The lowest BCUT2D eigenvalue weighted by Crippen LogP contribution is -2.60. The first-order valence-electron chi connectivity index (χ1n) is 9.72. The highest BCUT2D eigenvalue weighted by atomic mass is 28.3. The fraction of sp³-hybridized carbons (Fsp3) is 0.571. The molecule has 0 spiro atoms. The largest absolute Gasteiger partial charge is 0.460 e.